The molecule has 0 fully saturated rings. The van der Waals surface area contributed by atoms with E-state index in [4.69, 9.17) is 22.7 Å². The summed E-state index contributed by atoms with van der Waals surface area (Å²) >= 11 is 8.16. The van der Waals surface area contributed by atoms with Crippen LogP contribution in [0.2, 0.25) is 0 Å². The topological polar surface area (TPSA) is 55.6 Å². The number of hydrogen-bond donors (Lipinski definition) is 1. The summed E-state index contributed by atoms with van der Waals surface area (Å²) in [5.41, 5.74) is 5.40. The van der Waals surface area contributed by atoms with Gasteiger partial charge in [-0.1, -0.05) is 24.4 Å². The van der Waals surface area contributed by atoms with Gasteiger partial charge in [-0.2, -0.15) is 0 Å². The van der Waals surface area contributed by atoms with E-state index < -0.39 is 0 Å². The Balaban J connectivity index is 2.31. The van der Waals surface area contributed by atoms with Crippen molar-refractivity contribution in [3.8, 4) is 5.75 Å². The van der Waals surface area contributed by atoms with Crippen LogP contribution in [0.3, 0.4) is 0 Å². The largest absolute Gasteiger partial charge is 0.492 e. The first-order valence-electron chi connectivity index (χ1n) is 5.90. The number of rotatable bonds is 7. The average molecular weight is 345 g/mol. The fourth-order valence-corrected chi connectivity index (χ4v) is 1.89. The van der Waals surface area contributed by atoms with Gasteiger partial charge in [-0.25, -0.2) is 0 Å². The van der Waals surface area contributed by atoms with Gasteiger partial charge in [0.05, 0.1) is 22.5 Å². The summed E-state index contributed by atoms with van der Waals surface area (Å²) in [4.78, 5) is 13.8. The number of para-hydroxylation sites is 1. The van der Waals surface area contributed by atoms with Crippen molar-refractivity contribution in [1.29, 1.82) is 0 Å². The molecular formula is C13H17BrN2O2S. The van der Waals surface area contributed by atoms with Crippen molar-refractivity contribution in [3.63, 3.8) is 0 Å². The quantitative estimate of drug-likeness (QED) is 0.771. The number of hydrogen-bond acceptors (Lipinski definition) is 3. The number of benzene rings is 1. The Bertz CT molecular complexity index is 454. The Morgan fingerprint density at radius 3 is 2.74 bits per heavy atom. The van der Waals surface area contributed by atoms with Crippen molar-refractivity contribution in [2.75, 3.05) is 20.2 Å². The molecule has 0 aliphatic heterocycles. The molecule has 2 N–H and O–H groups in total. The molecule has 0 aliphatic rings. The standard InChI is InChI=1S/C13H17BrN2O2S/c1-16(8-6-12(15)19)13(17)7-9-18-11-5-3-2-4-10(11)14/h2-5H,6-9H2,1H3,(H2,15,19). The molecule has 1 aromatic rings. The first-order valence-corrected chi connectivity index (χ1v) is 7.10. The van der Waals surface area contributed by atoms with Crippen molar-refractivity contribution in [2.24, 2.45) is 5.73 Å². The Morgan fingerprint density at radius 1 is 1.42 bits per heavy atom. The van der Waals surface area contributed by atoms with E-state index in [0.29, 0.717) is 31.0 Å². The summed E-state index contributed by atoms with van der Waals surface area (Å²) in [5, 5.41) is 0. The molecule has 1 amide bonds. The predicted octanol–water partition coefficient (Wildman–Crippen LogP) is 2.35. The minimum atomic E-state index is 0.0169. The van der Waals surface area contributed by atoms with Crippen LogP contribution in [0.4, 0.5) is 0 Å². The van der Waals surface area contributed by atoms with Crippen molar-refractivity contribution in [2.45, 2.75) is 12.8 Å². The van der Waals surface area contributed by atoms with Crippen molar-refractivity contribution in [1.82, 2.24) is 4.90 Å². The van der Waals surface area contributed by atoms with E-state index in [1.165, 1.54) is 0 Å². The lowest BCUT2D eigenvalue weighted by molar-refractivity contribution is -0.130. The number of amides is 1. The molecule has 0 radical (unpaired) electrons. The maximum atomic E-state index is 11.8. The van der Waals surface area contributed by atoms with Crippen LogP contribution in [0, 0.1) is 0 Å². The van der Waals surface area contributed by atoms with Crippen LogP contribution in [0.5, 0.6) is 5.75 Å². The van der Waals surface area contributed by atoms with Gasteiger partial charge in [0, 0.05) is 20.0 Å². The van der Waals surface area contributed by atoms with E-state index in [1.807, 2.05) is 24.3 Å². The second-order valence-corrected chi connectivity index (χ2v) is 5.44. The zero-order valence-electron chi connectivity index (χ0n) is 10.8. The molecule has 19 heavy (non-hydrogen) atoms. The van der Waals surface area contributed by atoms with Gasteiger partial charge in [0.25, 0.3) is 0 Å². The molecule has 4 nitrogen and oxygen atoms in total. The van der Waals surface area contributed by atoms with Gasteiger partial charge in [-0.05, 0) is 28.1 Å². The molecule has 1 rings (SSSR count). The summed E-state index contributed by atoms with van der Waals surface area (Å²) in [7, 11) is 1.74. The van der Waals surface area contributed by atoms with E-state index in [0.717, 1.165) is 10.2 Å². The van der Waals surface area contributed by atoms with Crippen LogP contribution in [0.25, 0.3) is 0 Å². The number of carbonyl (C=O) groups excluding carboxylic acids is 1. The molecule has 6 heteroatoms. The smallest absolute Gasteiger partial charge is 0.225 e. The zero-order chi connectivity index (χ0) is 14.3. The van der Waals surface area contributed by atoms with E-state index in [-0.39, 0.29) is 5.91 Å². The minimum absolute atomic E-state index is 0.0169. The molecule has 0 unspecified atom stereocenters. The van der Waals surface area contributed by atoms with Gasteiger partial charge >= 0.3 is 0 Å². The van der Waals surface area contributed by atoms with E-state index in [9.17, 15) is 4.79 Å². The molecule has 0 atom stereocenters. The van der Waals surface area contributed by atoms with Crippen molar-refractivity contribution >= 4 is 39.0 Å². The maximum absolute atomic E-state index is 11.8. The van der Waals surface area contributed by atoms with Gasteiger partial charge in [-0.3, -0.25) is 4.79 Å². The molecule has 0 heterocycles. The first kappa shape index (κ1) is 15.9. The first-order chi connectivity index (χ1) is 9.00. The SMILES string of the molecule is CN(CCC(N)=S)C(=O)CCOc1ccccc1Br. The number of ether oxygens (including phenoxy) is 1. The number of carbonyl (C=O) groups is 1. The highest BCUT2D eigenvalue weighted by Crippen LogP contribution is 2.23. The third-order valence-electron chi connectivity index (χ3n) is 2.53. The summed E-state index contributed by atoms with van der Waals surface area (Å²) in [6.07, 6.45) is 0.873. The normalized spacial score (nSPS) is 10.0. The van der Waals surface area contributed by atoms with Crippen LogP contribution in [-0.2, 0) is 4.79 Å². The Labute approximate surface area is 127 Å². The molecule has 1 aromatic carbocycles. The summed E-state index contributed by atoms with van der Waals surface area (Å²) < 4.78 is 6.42. The maximum Gasteiger partial charge on any atom is 0.225 e. The molecule has 0 spiro atoms. The van der Waals surface area contributed by atoms with Crippen LogP contribution in [-0.4, -0.2) is 36.0 Å². The minimum Gasteiger partial charge on any atom is -0.492 e. The predicted molar refractivity (Wildman–Crippen MR) is 83.3 cm³/mol. The molecule has 0 saturated heterocycles. The molecule has 0 bridgehead atoms. The van der Waals surface area contributed by atoms with Crippen LogP contribution in [0.15, 0.2) is 28.7 Å². The second-order valence-electron chi connectivity index (χ2n) is 4.06. The fourth-order valence-electron chi connectivity index (χ4n) is 1.40. The monoisotopic (exact) mass is 344 g/mol. The summed E-state index contributed by atoms with van der Waals surface area (Å²) in [6.45, 7) is 0.891. The van der Waals surface area contributed by atoms with Crippen LogP contribution >= 0.6 is 28.1 Å². The van der Waals surface area contributed by atoms with Crippen LogP contribution in [0.1, 0.15) is 12.8 Å². The average Bonchev–Trinajstić information content (AvgIpc) is 2.38. The fraction of sp³-hybridized carbons (Fsp3) is 0.385. The molecule has 0 aliphatic carbocycles. The molecule has 0 aromatic heterocycles. The highest BCUT2D eigenvalue weighted by molar-refractivity contribution is 9.10. The van der Waals surface area contributed by atoms with Crippen LogP contribution < -0.4 is 10.5 Å². The third-order valence-corrected chi connectivity index (χ3v) is 3.39. The number of nitrogens with zero attached hydrogens (tertiary/aromatic N) is 1. The van der Waals surface area contributed by atoms with Crippen molar-refractivity contribution in [3.05, 3.63) is 28.7 Å². The summed E-state index contributed by atoms with van der Waals surface area (Å²) in [6, 6.07) is 7.54. The molecule has 0 saturated carbocycles. The molecule has 104 valence electrons. The highest BCUT2D eigenvalue weighted by Gasteiger charge is 2.09. The Hall–Kier alpha value is -1.14. The van der Waals surface area contributed by atoms with E-state index >= 15 is 0 Å². The third kappa shape index (κ3) is 6.02. The Kier molecular flexibility index (Phi) is 6.80. The highest BCUT2D eigenvalue weighted by atomic mass is 79.9. The van der Waals surface area contributed by atoms with Crippen molar-refractivity contribution < 1.29 is 9.53 Å². The lowest BCUT2D eigenvalue weighted by Crippen LogP contribution is -2.30. The van der Waals surface area contributed by atoms with E-state index in [1.54, 1.807) is 11.9 Å². The lowest BCUT2D eigenvalue weighted by Gasteiger charge is -2.17. The van der Waals surface area contributed by atoms with Gasteiger partial charge in [-0.15, -0.1) is 0 Å². The number of nitrogens with two attached hydrogens (primary N) is 1. The zero-order valence-corrected chi connectivity index (χ0v) is 13.2. The lowest BCUT2D eigenvalue weighted by atomic mass is 10.3. The number of halogens is 1. The second kappa shape index (κ2) is 8.12. The van der Waals surface area contributed by atoms with E-state index in [2.05, 4.69) is 15.9 Å². The van der Waals surface area contributed by atoms with Gasteiger partial charge in [0.2, 0.25) is 5.91 Å². The van der Waals surface area contributed by atoms with Gasteiger partial charge in [0.15, 0.2) is 0 Å². The van der Waals surface area contributed by atoms with Gasteiger partial charge in [0.1, 0.15) is 5.75 Å². The van der Waals surface area contributed by atoms with Gasteiger partial charge < -0.3 is 15.4 Å². The molecular weight excluding hydrogens is 328 g/mol. The Morgan fingerprint density at radius 2 is 2.11 bits per heavy atom. The summed E-state index contributed by atoms with van der Waals surface area (Å²) in [5.74, 6) is 0.754. The number of thiocarbonyl (C=S) groups is 1.